The van der Waals surface area contributed by atoms with E-state index in [4.69, 9.17) is 4.74 Å². The molecule has 0 spiro atoms. The number of aromatic nitrogens is 4. The third-order valence-electron chi connectivity index (χ3n) is 2.80. The van der Waals surface area contributed by atoms with Crippen molar-refractivity contribution in [2.24, 2.45) is 0 Å². The van der Waals surface area contributed by atoms with Gasteiger partial charge in [0.25, 0.3) is 5.78 Å². The van der Waals surface area contributed by atoms with Crippen LogP contribution in [0, 0.1) is 6.92 Å². The van der Waals surface area contributed by atoms with Crippen LogP contribution in [0.2, 0.25) is 0 Å². The molecule has 19 heavy (non-hydrogen) atoms. The number of fused-ring (bicyclic) bond motifs is 1. The Kier molecular flexibility index (Phi) is 2.87. The van der Waals surface area contributed by atoms with Gasteiger partial charge in [-0.05, 0) is 19.9 Å². The van der Waals surface area contributed by atoms with Crippen LogP contribution >= 0.6 is 0 Å². The zero-order valence-corrected chi connectivity index (χ0v) is 10.9. The topological polar surface area (TPSA) is 52.3 Å². The summed E-state index contributed by atoms with van der Waals surface area (Å²) in [5.41, 5.74) is 1.97. The number of hydrogen-bond acceptors (Lipinski definition) is 4. The van der Waals surface area contributed by atoms with Gasteiger partial charge >= 0.3 is 0 Å². The predicted molar refractivity (Wildman–Crippen MR) is 72.1 cm³/mol. The maximum Gasteiger partial charge on any atom is 0.252 e. The summed E-state index contributed by atoms with van der Waals surface area (Å²) in [6, 6.07) is 7.90. The fraction of sp³-hybridized carbons (Fsp3) is 0.214. The van der Waals surface area contributed by atoms with Crippen molar-refractivity contribution in [2.75, 3.05) is 6.61 Å². The van der Waals surface area contributed by atoms with Gasteiger partial charge in [-0.1, -0.05) is 18.2 Å². The van der Waals surface area contributed by atoms with Crippen LogP contribution in [0.5, 0.6) is 5.75 Å². The largest absolute Gasteiger partial charge is 0.493 e. The number of hydrogen-bond donors (Lipinski definition) is 0. The van der Waals surface area contributed by atoms with Crippen LogP contribution in [0.15, 0.2) is 36.7 Å². The van der Waals surface area contributed by atoms with Crippen molar-refractivity contribution in [3.8, 4) is 16.9 Å². The van der Waals surface area contributed by atoms with Gasteiger partial charge in [0.2, 0.25) is 0 Å². The van der Waals surface area contributed by atoms with Gasteiger partial charge in [0.05, 0.1) is 6.61 Å². The Bertz CT molecular complexity index is 720. The quantitative estimate of drug-likeness (QED) is 0.720. The monoisotopic (exact) mass is 254 g/mol. The minimum Gasteiger partial charge on any atom is -0.493 e. The maximum atomic E-state index is 5.64. The Labute approximate surface area is 110 Å². The summed E-state index contributed by atoms with van der Waals surface area (Å²) >= 11 is 0. The van der Waals surface area contributed by atoms with Gasteiger partial charge in [0, 0.05) is 23.5 Å². The van der Waals surface area contributed by atoms with Crippen LogP contribution in [-0.4, -0.2) is 26.2 Å². The first-order valence-corrected chi connectivity index (χ1v) is 6.19. The second-order valence-electron chi connectivity index (χ2n) is 4.18. The van der Waals surface area contributed by atoms with Gasteiger partial charge in [-0.15, -0.1) is 0 Å². The number of aryl methyl sites for hydroxylation is 1. The number of para-hydroxylation sites is 1. The van der Waals surface area contributed by atoms with E-state index in [0.717, 1.165) is 16.9 Å². The van der Waals surface area contributed by atoms with Gasteiger partial charge in [-0.2, -0.15) is 10.1 Å². The zero-order valence-electron chi connectivity index (χ0n) is 10.9. The Morgan fingerprint density at radius 1 is 1.26 bits per heavy atom. The molecule has 96 valence electrons. The molecular weight excluding hydrogens is 240 g/mol. The highest BCUT2D eigenvalue weighted by Gasteiger charge is 2.08. The highest BCUT2D eigenvalue weighted by atomic mass is 16.5. The van der Waals surface area contributed by atoms with Crippen LogP contribution < -0.4 is 4.74 Å². The number of ether oxygens (including phenoxy) is 1. The predicted octanol–water partition coefficient (Wildman–Crippen LogP) is 2.50. The number of benzene rings is 1. The normalized spacial score (nSPS) is 10.8. The van der Waals surface area contributed by atoms with Gasteiger partial charge in [-0.25, -0.2) is 9.50 Å². The highest BCUT2D eigenvalue weighted by Crippen LogP contribution is 2.29. The summed E-state index contributed by atoms with van der Waals surface area (Å²) in [6.45, 7) is 4.45. The summed E-state index contributed by atoms with van der Waals surface area (Å²) in [7, 11) is 0. The second kappa shape index (κ2) is 4.68. The van der Waals surface area contributed by atoms with Crippen LogP contribution in [0.4, 0.5) is 0 Å². The van der Waals surface area contributed by atoms with Gasteiger partial charge in [0.1, 0.15) is 11.6 Å². The van der Waals surface area contributed by atoms with E-state index >= 15 is 0 Å². The molecule has 3 rings (SSSR count). The smallest absolute Gasteiger partial charge is 0.252 e. The summed E-state index contributed by atoms with van der Waals surface area (Å²) in [5, 5.41) is 4.28. The van der Waals surface area contributed by atoms with E-state index in [1.54, 1.807) is 10.7 Å². The summed E-state index contributed by atoms with van der Waals surface area (Å²) in [4.78, 5) is 8.53. The molecule has 0 N–H and O–H groups in total. The number of rotatable bonds is 3. The minimum absolute atomic E-state index is 0.607. The molecule has 0 amide bonds. The van der Waals surface area contributed by atoms with Crippen molar-refractivity contribution >= 4 is 5.78 Å². The molecule has 0 aliphatic carbocycles. The molecule has 0 bridgehead atoms. The Hall–Kier alpha value is -2.43. The van der Waals surface area contributed by atoms with Crippen LogP contribution in [-0.2, 0) is 0 Å². The summed E-state index contributed by atoms with van der Waals surface area (Å²) < 4.78 is 7.32. The molecule has 0 aliphatic heterocycles. The van der Waals surface area contributed by atoms with Gasteiger partial charge in [0.15, 0.2) is 0 Å². The first-order valence-electron chi connectivity index (χ1n) is 6.19. The molecule has 0 fully saturated rings. The van der Waals surface area contributed by atoms with Crippen molar-refractivity contribution in [3.05, 3.63) is 42.5 Å². The maximum absolute atomic E-state index is 5.64. The van der Waals surface area contributed by atoms with E-state index < -0.39 is 0 Å². The average Bonchev–Trinajstić information content (AvgIpc) is 2.79. The van der Waals surface area contributed by atoms with Gasteiger partial charge < -0.3 is 4.74 Å². The second-order valence-corrected chi connectivity index (χ2v) is 4.18. The van der Waals surface area contributed by atoms with Crippen molar-refractivity contribution in [1.82, 2.24) is 19.6 Å². The van der Waals surface area contributed by atoms with E-state index in [-0.39, 0.29) is 0 Å². The van der Waals surface area contributed by atoms with E-state index in [0.29, 0.717) is 18.2 Å². The molecule has 0 saturated carbocycles. The van der Waals surface area contributed by atoms with Crippen molar-refractivity contribution in [3.63, 3.8) is 0 Å². The van der Waals surface area contributed by atoms with Gasteiger partial charge in [-0.3, -0.25) is 0 Å². The third kappa shape index (κ3) is 2.14. The Morgan fingerprint density at radius 2 is 2.11 bits per heavy atom. The molecule has 0 saturated heterocycles. The fourth-order valence-electron chi connectivity index (χ4n) is 2.01. The molecule has 5 nitrogen and oxygen atoms in total. The lowest BCUT2D eigenvalue weighted by molar-refractivity contribution is 0.341. The Balaban J connectivity index is 2.13. The molecule has 0 unspecified atom stereocenters. The fourth-order valence-corrected chi connectivity index (χ4v) is 2.01. The summed E-state index contributed by atoms with van der Waals surface area (Å²) in [6.07, 6.45) is 3.71. The van der Waals surface area contributed by atoms with E-state index in [1.807, 2.05) is 44.3 Å². The number of nitrogens with zero attached hydrogens (tertiary/aromatic N) is 4. The standard InChI is InChI=1S/C14H14N4O/c1-3-19-13-7-5-4-6-12(13)11-8-15-14-16-10(2)17-18(14)9-11/h4-9H,3H2,1-2H3. The molecule has 0 atom stereocenters. The van der Waals surface area contributed by atoms with Crippen molar-refractivity contribution in [1.29, 1.82) is 0 Å². The summed E-state index contributed by atoms with van der Waals surface area (Å²) in [5.74, 6) is 2.17. The zero-order chi connectivity index (χ0) is 13.2. The van der Waals surface area contributed by atoms with Crippen molar-refractivity contribution in [2.45, 2.75) is 13.8 Å². The SMILES string of the molecule is CCOc1ccccc1-c1cnc2nc(C)nn2c1. The first kappa shape index (κ1) is 11.6. The lowest BCUT2D eigenvalue weighted by Gasteiger charge is -2.09. The Morgan fingerprint density at radius 3 is 2.95 bits per heavy atom. The third-order valence-corrected chi connectivity index (χ3v) is 2.80. The van der Waals surface area contributed by atoms with E-state index in [2.05, 4.69) is 15.1 Å². The average molecular weight is 254 g/mol. The highest BCUT2D eigenvalue weighted by molar-refractivity contribution is 5.69. The molecule has 0 aliphatic rings. The molecule has 1 aromatic carbocycles. The van der Waals surface area contributed by atoms with E-state index in [9.17, 15) is 0 Å². The molecule has 3 aromatic rings. The van der Waals surface area contributed by atoms with Crippen LogP contribution in [0.25, 0.3) is 16.9 Å². The van der Waals surface area contributed by atoms with Crippen LogP contribution in [0.1, 0.15) is 12.7 Å². The molecule has 2 heterocycles. The molecule has 0 radical (unpaired) electrons. The molecule has 2 aromatic heterocycles. The van der Waals surface area contributed by atoms with E-state index in [1.165, 1.54) is 0 Å². The van der Waals surface area contributed by atoms with Crippen molar-refractivity contribution < 1.29 is 4.74 Å². The molecular formula is C14H14N4O. The molecule has 5 heteroatoms. The minimum atomic E-state index is 0.607. The van der Waals surface area contributed by atoms with Crippen LogP contribution in [0.3, 0.4) is 0 Å². The first-order chi connectivity index (χ1) is 9.28. The lowest BCUT2D eigenvalue weighted by Crippen LogP contribution is -1.96. The lowest BCUT2D eigenvalue weighted by atomic mass is 10.1.